The lowest BCUT2D eigenvalue weighted by Crippen LogP contribution is -2.43. The Morgan fingerprint density at radius 1 is 1.50 bits per heavy atom. The fourth-order valence-electron chi connectivity index (χ4n) is 2.20. The van der Waals surface area contributed by atoms with Crippen molar-refractivity contribution >= 4 is 23.8 Å². The number of esters is 1. The Balaban J connectivity index is 1.66. The van der Waals surface area contributed by atoms with Crippen molar-refractivity contribution in [3.63, 3.8) is 0 Å². The molecule has 0 saturated carbocycles. The topological polar surface area (TPSA) is 98.1 Å². The number of amides is 2. The number of carbonyl (C=O) groups is 2. The van der Waals surface area contributed by atoms with Gasteiger partial charge in [0.25, 0.3) is 0 Å². The van der Waals surface area contributed by atoms with Gasteiger partial charge < -0.3 is 15.4 Å². The van der Waals surface area contributed by atoms with E-state index in [9.17, 15) is 9.59 Å². The summed E-state index contributed by atoms with van der Waals surface area (Å²) in [6.07, 6.45) is 3.83. The predicted octanol–water partition coefficient (Wildman–Crippen LogP) is 0.650. The molecule has 2 heterocycles. The summed E-state index contributed by atoms with van der Waals surface area (Å²) in [5.74, 6) is 0.633. The van der Waals surface area contributed by atoms with Gasteiger partial charge in [0.2, 0.25) is 0 Å². The number of hydrogen-bond donors (Lipinski definition) is 2. The smallest absolute Gasteiger partial charge is 0.360 e. The quantitative estimate of drug-likeness (QED) is 0.745. The molecule has 22 heavy (non-hydrogen) atoms. The maximum Gasteiger partial charge on any atom is 0.360 e. The number of nitrogens with one attached hydrogen (secondary N) is 2. The first kappa shape index (κ1) is 16.6. The van der Waals surface area contributed by atoms with Crippen molar-refractivity contribution in [2.75, 3.05) is 26.0 Å². The summed E-state index contributed by atoms with van der Waals surface area (Å²) in [7, 11) is 1.29. The average molecular weight is 327 g/mol. The van der Waals surface area contributed by atoms with Gasteiger partial charge in [0.15, 0.2) is 5.69 Å². The van der Waals surface area contributed by atoms with Crippen molar-refractivity contribution in [3.05, 3.63) is 11.9 Å². The van der Waals surface area contributed by atoms with Crippen molar-refractivity contribution in [1.82, 2.24) is 25.6 Å². The van der Waals surface area contributed by atoms with Crippen LogP contribution in [-0.2, 0) is 11.3 Å². The molecule has 1 aliphatic heterocycles. The van der Waals surface area contributed by atoms with Crippen LogP contribution in [0.2, 0.25) is 0 Å². The second-order valence-corrected chi connectivity index (χ2v) is 7.05. The SMILES string of the molecule is COC(=O)c1cn(CCNC(=O)NCC2(C)CCCS2)nn1. The van der Waals surface area contributed by atoms with Gasteiger partial charge >= 0.3 is 12.0 Å². The third kappa shape index (κ3) is 4.62. The van der Waals surface area contributed by atoms with Crippen molar-refractivity contribution in [1.29, 1.82) is 0 Å². The molecule has 0 bridgehead atoms. The number of carbonyl (C=O) groups excluding carboxylic acids is 2. The first-order chi connectivity index (χ1) is 10.5. The van der Waals surface area contributed by atoms with E-state index in [1.165, 1.54) is 24.4 Å². The highest BCUT2D eigenvalue weighted by atomic mass is 32.2. The fourth-order valence-corrected chi connectivity index (χ4v) is 3.44. The molecule has 1 aromatic rings. The van der Waals surface area contributed by atoms with Crippen LogP contribution in [-0.4, -0.2) is 57.7 Å². The van der Waals surface area contributed by atoms with E-state index in [4.69, 9.17) is 0 Å². The van der Waals surface area contributed by atoms with Gasteiger partial charge in [0.05, 0.1) is 19.9 Å². The molecule has 1 atom stereocenters. The van der Waals surface area contributed by atoms with E-state index in [1.54, 1.807) is 0 Å². The average Bonchev–Trinajstić information content (AvgIpc) is 3.14. The number of nitrogens with zero attached hydrogens (tertiary/aromatic N) is 3. The number of urea groups is 1. The van der Waals surface area contributed by atoms with Gasteiger partial charge in [-0.1, -0.05) is 5.21 Å². The van der Waals surface area contributed by atoms with E-state index in [1.807, 2.05) is 11.8 Å². The van der Waals surface area contributed by atoms with Gasteiger partial charge in [-0.15, -0.1) is 5.10 Å². The summed E-state index contributed by atoms with van der Waals surface area (Å²) in [4.78, 5) is 23.0. The highest BCUT2D eigenvalue weighted by Crippen LogP contribution is 2.36. The Kier molecular flexibility index (Phi) is 5.64. The minimum Gasteiger partial charge on any atom is -0.464 e. The minimum absolute atomic E-state index is 0.151. The Labute approximate surface area is 133 Å². The largest absolute Gasteiger partial charge is 0.464 e. The lowest BCUT2D eigenvalue weighted by Gasteiger charge is -2.22. The number of rotatable bonds is 6. The van der Waals surface area contributed by atoms with Crippen LogP contribution < -0.4 is 10.6 Å². The van der Waals surface area contributed by atoms with Gasteiger partial charge in [-0.05, 0) is 25.5 Å². The van der Waals surface area contributed by atoms with Crippen molar-refractivity contribution in [3.8, 4) is 0 Å². The van der Waals surface area contributed by atoms with Gasteiger partial charge in [0.1, 0.15) is 0 Å². The zero-order chi connectivity index (χ0) is 16.0. The Bertz CT molecular complexity index is 528. The molecule has 0 spiro atoms. The van der Waals surface area contributed by atoms with Crippen LogP contribution in [0.4, 0.5) is 4.79 Å². The molecular formula is C13H21N5O3S. The molecule has 1 fully saturated rings. The Hall–Kier alpha value is -1.77. The van der Waals surface area contributed by atoms with Crippen LogP contribution in [0.5, 0.6) is 0 Å². The van der Waals surface area contributed by atoms with Gasteiger partial charge in [-0.2, -0.15) is 11.8 Å². The summed E-state index contributed by atoms with van der Waals surface area (Å²) in [6.45, 7) is 3.68. The third-order valence-electron chi connectivity index (χ3n) is 3.48. The molecule has 0 radical (unpaired) electrons. The monoisotopic (exact) mass is 327 g/mol. The molecule has 8 nitrogen and oxygen atoms in total. The third-order valence-corrected chi connectivity index (χ3v) is 5.02. The zero-order valence-electron chi connectivity index (χ0n) is 12.8. The molecule has 2 rings (SSSR count). The maximum absolute atomic E-state index is 11.7. The van der Waals surface area contributed by atoms with Crippen LogP contribution in [0.1, 0.15) is 30.3 Å². The number of methoxy groups -OCH3 is 1. The number of aromatic nitrogens is 3. The van der Waals surface area contributed by atoms with E-state index < -0.39 is 5.97 Å². The van der Waals surface area contributed by atoms with Crippen LogP contribution in [0.3, 0.4) is 0 Å². The van der Waals surface area contributed by atoms with E-state index >= 15 is 0 Å². The van der Waals surface area contributed by atoms with Crippen LogP contribution >= 0.6 is 11.8 Å². The molecular weight excluding hydrogens is 306 g/mol. The number of hydrogen-bond acceptors (Lipinski definition) is 6. The Morgan fingerprint density at radius 2 is 2.32 bits per heavy atom. The van der Waals surface area contributed by atoms with Crippen molar-refractivity contribution < 1.29 is 14.3 Å². The summed E-state index contributed by atoms with van der Waals surface area (Å²) in [5.41, 5.74) is 0.151. The number of thioether (sulfide) groups is 1. The Morgan fingerprint density at radius 3 is 3.00 bits per heavy atom. The predicted molar refractivity (Wildman–Crippen MR) is 82.9 cm³/mol. The standard InChI is InChI=1S/C13H21N5O3S/c1-13(4-3-7-22-13)9-15-12(20)14-5-6-18-8-10(16-17-18)11(19)21-2/h8H,3-7,9H2,1-2H3,(H2,14,15,20). The second-order valence-electron chi connectivity index (χ2n) is 5.37. The van der Waals surface area contributed by atoms with E-state index in [0.29, 0.717) is 19.6 Å². The summed E-state index contributed by atoms with van der Waals surface area (Å²) >= 11 is 1.91. The first-order valence-corrected chi connectivity index (χ1v) is 8.15. The normalized spacial score (nSPS) is 20.6. The van der Waals surface area contributed by atoms with Gasteiger partial charge in [-0.25, -0.2) is 14.3 Å². The van der Waals surface area contributed by atoms with Crippen molar-refractivity contribution in [2.24, 2.45) is 0 Å². The zero-order valence-corrected chi connectivity index (χ0v) is 13.6. The van der Waals surface area contributed by atoms with Gasteiger partial charge in [0, 0.05) is 17.8 Å². The molecule has 2 amide bonds. The highest BCUT2D eigenvalue weighted by Gasteiger charge is 2.29. The molecule has 1 aromatic heterocycles. The second kappa shape index (κ2) is 7.48. The van der Waals surface area contributed by atoms with Crippen LogP contribution in [0.25, 0.3) is 0 Å². The molecule has 1 aliphatic rings. The highest BCUT2D eigenvalue weighted by molar-refractivity contribution is 8.00. The lowest BCUT2D eigenvalue weighted by molar-refractivity contribution is 0.0594. The molecule has 9 heteroatoms. The maximum atomic E-state index is 11.7. The first-order valence-electron chi connectivity index (χ1n) is 7.16. The summed E-state index contributed by atoms with van der Waals surface area (Å²) < 4.78 is 6.18. The lowest BCUT2D eigenvalue weighted by atomic mass is 10.1. The minimum atomic E-state index is -0.528. The molecule has 2 N–H and O–H groups in total. The van der Waals surface area contributed by atoms with E-state index in [0.717, 1.165) is 12.2 Å². The van der Waals surface area contributed by atoms with E-state index in [-0.39, 0.29) is 16.5 Å². The van der Waals surface area contributed by atoms with Crippen LogP contribution in [0.15, 0.2) is 6.20 Å². The van der Waals surface area contributed by atoms with Crippen LogP contribution in [0, 0.1) is 0 Å². The number of ether oxygens (including phenoxy) is 1. The van der Waals surface area contributed by atoms with Crippen molar-refractivity contribution in [2.45, 2.75) is 31.1 Å². The fraction of sp³-hybridized carbons (Fsp3) is 0.692. The molecule has 0 aliphatic carbocycles. The summed E-state index contributed by atoms with van der Waals surface area (Å²) in [5, 5.41) is 13.1. The molecule has 1 unspecified atom stereocenters. The molecule has 1 saturated heterocycles. The van der Waals surface area contributed by atoms with E-state index in [2.05, 4.69) is 32.6 Å². The molecule has 122 valence electrons. The molecule has 0 aromatic carbocycles. The van der Waals surface area contributed by atoms with Gasteiger partial charge in [-0.3, -0.25) is 0 Å². The summed E-state index contributed by atoms with van der Waals surface area (Å²) in [6, 6.07) is -0.193.